The second kappa shape index (κ2) is 13.8. The highest BCUT2D eigenvalue weighted by atomic mass is 16.4. The highest BCUT2D eigenvalue weighted by Gasteiger charge is 2.32. The zero-order valence-corrected chi connectivity index (χ0v) is 19.9. The third-order valence-corrected chi connectivity index (χ3v) is 5.69. The fourth-order valence-corrected chi connectivity index (χ4v) is 3.74. The van der Waals surface area contributed by atoms with E-state index in [1.165, 1.54) is 24.3 Å². The number of hydrogen-bond acceptors (Lipinski definition) is 8. The van der Waals surface area contributed by atoms with E-state index in [0.717, 1.165) is 6.42 Å². The summed E-state index contributed by atoms with van der Waals surface area (Å²) in [5.74, 6) is -6.04. The number of carboxylic acid groups (broad SMARTS) is 2. The van der Waals surface area contributed by atoms with Crippen molar-refractivity contribution in [3.05, 3.63) is 29.8 Å². The molecule has 0 aliphatic carbocycles. The topological polar surface area (TPSA) is 237 Å². The molecule has 14 heteroatoms. The normalized spacial score (nSPS) is 17.1. The van der Waals surface area contributed by atoms with Crippen molar-refractivity contribution in [2.45, 2.75) is 62.7 Å². The second-order valence-corrected chi connectivity index (χ2v) is 8.64. The van der Waals surface area contributed by atoms with Crippen molar-refractivity contribution in [2.75, 3.05) is 6.54 Å². The lowest BCUT2D eigenvalue weighted by molar-refractivity contribution is -0.143. The van der Waals surface area contributed by atoms with Gasteiger partial charge in [0.1, 0.15) is 23.9 Å². The third kappa shape index (κ3) is 9.76. The lowest BCUT2D eigenvalue weighted by Gasteiger charge is -2.24. The summed E-state index contributed by atoms with van der Waals surface area (Å²) in [6, 6.07) is 0.721. The number of aromatic hydroxyl groups is 1. The maximum Gasteiger partial charge on any atom is 0.326 e. The van der Waals surface area contributed by atoms with E-state index in [1.807, 2.05) is 0 Å². The average Bonchev–Trinajstić information content (AvgIpc) is 3.36. The first-order valence-electron chi connectivity index (χ1n) is 11.6. The number of nitrogens with one attached hydrogen (secondary N) is 4. The molecule has 0 aromatic heterocycles. The molecule has 0 bridgehead atoms. The van der Waals surface area contributed by atoms with Gasteiger partial charge in [-0.3, -0.25) is 24.0 Å². The monoisotopic (exact) mass is 521 g/mol. The van der Waals surface area contributed by atoms with Crippen molar-refractivity contribution in [2.24, 2.45) is 5.73 Å². The minimum atomic E-state index is -1.48. The summed E-state index contributed by atoms with van der Waals surface area (Å²) in [7, 11) is 0. The molecule has 0 radical (unpaired) electrons. The minimum Gasteiger partial charge on any atom is -0.508 e. The Hall–Kier alpha value is -4.20. The number of carbonyl (C=O) groups excluding carboxylic acids is 4. The summed E-state index contributed by atoms with van der Waals surface area (Å²) in [6.45, 7) is 0.608. The van der Waals surface area contributed by atoms with E-state index >= 15 is 0 Å². The van der Waals surface area contributed by atoms with Gasteiger partial charge in [-0.15, -0.1) is 0 Å². The first kappa shape index (κ1) is 29.0. The van der Waals surface area contributed by atoms with Crippen LogP contribution in [0.15, 0.2) is 24.3 Å². The van der Waals surface area contributed by atoms with Crippen molar-refractivity contribution < 1.29 is 44.1 Å². The predicted molar refractivity (Wildman–Crippen MR) is 127 cm³/mol. The van der Waals surface area contributed by atoms with E-state index < -0.39 is 72.6 Å². The summed E-state index contributed by atoms with van der Waals surface area (Å²) in [5.41, 5.74) is 5.69. The lowest BCUT2D eigenvalue weighted by atomic mass is 10.0. The molecule has 1 heterocycles. The van der Waals surface area contributed by atoms with Crippen LogP contribution in [-0.2, 0) is 35.2 Å². The van der Waals surface area contributed by atoms with Crippen LogP contribution in [0.1, 0.15) is 37.7 Å². The minimum absolute atomic E-state index is 0.0302. The molecule has 1 aromatic rings. The van der Waals surface area contributed by atoms with Gasteiger partial charge in [0.2, 0.25) is 23.6 Å². The molecule has 9 N–H and O–H groups in total. The molecule has 1 fully saturated rings. The van der Waals surface area contributed by atoms with E-state index in [9.17, 15) is 39.0 Å². The maximum absolute atomic E-state index is 12.9. The zero-order valence-electron chi connectivity index (χ0n) is 19.9. The van der Waals surface area contributed by atoms with Crippen LogP contribution in [0.2, 0.25) is 0 Å². The van der Waals surface area contributed by atoms with Gasteiger partial charge < -0.3 is 42.3 Å². The number of amides is 4. The van der Waals surface area contributed by atoms with E-state index in [1.54, 1.807) is 0 Å². The highest BCUT2D eigenvalue weighted by molar-refractivity contribution is 5.96. The number of hydrogen-bond donors (Lipinski definition) is 8. The molecule has 4 atom stereocenters. The Labute approximate surface area is 212 Å². The van der Waals surface area contributed by atoms with Crippen molar-refractivity contribution in [3.8, 4) is 5.75 Å². The van der Waals surface area contributed by atoms with Crippen LogP contribution in [0, 0.1) is 0 Å². The third-order valence-electron chi connectivity index (χ3n) is 5.69. The Bertz CT molecular complexity index is 1010. The van der Waals surface area contributed by atoms with Gasteiger partial charge in [0.15, 0.2) is 0 Å². The number of primary amides is 1. The van der Waals surface area contributed by atoms with Crippen LogP contribution >= 0.6 is 0 Å². The van der Waals surface area contributed by atoms with E-state index in [4.69, 9.17) is 10.8 Å². The Morgan fingerprint density at radius 2 is 1.57 bits per heavy atom. The van der Waals surface area contributed by atoms with Crippen LogP contribution in [0.5, 0.6) is 5.75 Å². The van der Waals surface area contributed by atoms with Gasteiger partial charge in [0.25, 0.3) is 0 Å². The van der Waals surface area contributed by atoms with E-state index in [-0.39, 0.29) is 18.6 Å². The zero-order chi connectivity index (χ0) is 27.5. The predicted octanol–water partition coefficient (Wildman–Crippen LogP) is -2.03. The van der Waals surface area contributed by atoms with E-state index in [2.05, 4.69) is 21.3 Å². The molecule has 0 saturated carbocycles. The number of aliphatic carboxylic acids is 2. The van der Waals surface area contributed by atoms with Gasteiger partial charge >= 0.3 is 11.9 Å². The van der Waals surface area contributed by atoms with Crippen LogP contribution in [0.3, 0.4) is 0 Å². The van der Waals surface area contributed by atoms with Gasteiger partial charge in [-0.05, 0) is 43.5 Å². The quantitative estimate of drug-likeness (QED) is 0.133. The van der Waals surface area contributed by atoms with Gasteiger partial charge in [0, 0.05) is 12.8 Å². The Morgan fingerprint density at radius 1 is 0.946 bits per heavy atom. The molecular weight excluding hydrogens is 490 g/mol. The largest absolute Gasteiger partial charge is 0.508 e. The smallest absolute Gasteiger partial charge is 0.326 e. The number of rotatable bonds is 14. The van der Waals surface area contributed by atoms with Crippen LogP contribution in [0.4, 0.5) is 0 Å². The lowest BCUT2D eigenvalue weighted by Crippen LogP contribution is -2.57. The molecule has 2 rings (SSSR count). The summed E-state index contributed by atoms with van der Waals surface area (Å²) in [4.78, 5) is 72.6. The SMILES string of the molecule is NC(=O)CC(NC(=O)C1CCCN1)C(=O)NC(CCC(=O)O)C(=O)NC(Cc1ccc(O)cc1)C(=O)O. The fraction of sp³-hybridized carbons (Fsp3) is 0.478. The number of phenols is 1. The first-order valence-corrected chi connectivity index (χ1v) is 11.6. The summed E-state index contributed by atoms with van der Waals surface area (Å²) in [6.07, 6.45) is -0.381. The Morgan fingerprint density at radius 3 is 2.11 bits per heavy atom. The molecule has 1 aliphatic heterocycles. The molecule has 37 heavy (non-hydrogen) atoms. The molecule has 0 spiro atoms. The van der Waals surface area contributed by atoms with Crippen molar-refractivity contribution in [1.82, 2.24) is 21.3 Å². The van der Waals surface area contributed by atoms with Crippen molar-refractivity contribution >= 4 is 35.6 Å². The molecule has 4 unspecified atom stereocenters. The van der Waals surface area contributed by atoms with Crippen LogP contribution < -0.4 is 27.0 Å². The second-order valence-electron chi connectivity index (χ2n) is 8.64. The molecule has 1 aromatic carbocycles. The standard InChI is InChI=1S/C23H31N5O9/c24-18(30)11-16(27-20(33)14-2-1-9-25-14)22(35)26-15(7-8-19(31)32)21(34)28-17(23(36)37)10-12-3-5-13(29)6-4-12/h3-6,14-17,25,29H,1-2,7-11H2,(H2,24,30)(H,26,35)(H,27,33)(H,28,34)(H,31,32)(H,36,37). The Balaban J connectivity index is 2.14. The number of carboxylic acids is 2. The van der Waals surface area contributed by atoms with Gasteiger partial charge in [-0.2, -0.15) is 0 Å². The molecule has 4 amide bonds. The average molecular weight is 522 g/mol. The number of carbonyl (C=O) groups is 6. The molecule has 1 saturated heterocycles. The van der Waals surface area contributed by atoms with Crippen molar-refractivity contribution in [3.63, 3.8) is 0 Å². The van der Waals surface area contributed by atoms with Gasteiger partial charge in [-0.1, -0.05) is 12.1 Å². The Kier molecular flexibility index (Phi) is 10.8. The van der Waals surface area contributed by atoms with Crippen LogP contribution in [0.25, 0.3) is 0 Å². The van der Waals surface area contributed by atoms with Gasteiger partial charge in [0.05, 0.1) is 12.5 Å². The first-order chi connectivity index (χ1) is 17.5. The molecular formula is C23H31N5O9. The molecule has 202 valence electrons. The summed E-state index contributed by atoms with van der Waals surface area (Å²) >= 11 is 0. The summed E-state index contributed by atoms with van der Waals surface area (Å²) < 4.78 is 0. The molecule has 14 nitrogen and oxygen atoms in total. The highest BCUT2D eigenvalue weighted by Crippen LogP contribution is 2.12. The van der Waals surface area contributed by atoms with E-state index in [0.29, 0.717) is 18.5 Å². The number of benzene rings is 1. The van der Waals surface area contributed by atoms with Crippen LogP contribution in [-0.4, -0.2) is 81.6 Å². The summed E-state index contributed by atoms with van der Waals surface area (Å²) in [5, 5.41) is 37.9. The molecule has 1 aliphatic rings. The van der Waals surface area contributed by atoms with Gasteiger partial charge in [-0.25, -0.2) is 4.79 Å². The maximum atomic E-state index is 12.9. The number of nitrogens with two attached hydrogens (primary N) is 1. The number of phenolic OH excluding ortho intramolecular Hbond substituents is 1. The fourth-order valence-electron chi connectivity index (χ4n) is 3.74. The van der Waals surface area contributed by atoms with Crippen molar-refractivity contribution in [1.29, 1.82) is 0 Å².